The molecule has 0 bridgehead atoms. The highest BCUT2D eigenvalue weighted by Gasteiger charge is 2.23. The molecule has 0 aliphatic heterocycles. The monoisotopic (exact) mass is 527 g/mol. The number of nitrogens with zero attached hydrogens (tertiary/aromatic N) is 3. The van der Waals surface area contributed by atoms with Gasteiger partial charge in [-0.3, -0.25) is 4.79 Å². The molecular formula is C28H35ClFN5O2. The van der Waals surface area contributed by atoms with Gasteiger partial charge in [-0.25, -0.2) is 13.9 Å². The van der Waals surface area contributed by atoms with Crippen LogP contribution in [0, 0.1) is 12.7 Å². The van der Waals surface area contributed by atoms with Gasteiger partial charge in [0.15, 0.2) is 0 Å². The summed E-state index contributed by atoms with van der Waals surface area (Å²) in [5, 5.41) is 10.4. The third kappa shape index (κ3) is 7.55. The Bertz CT molecular complexity index is 1250. The van der Waals surface area contributed by atoms with E-state index in [4.69, 9.17) is 16.7 Å². The van der Waals surface area contributed by atoms with Crippen LogP contribution in [0.1, 0.15) is 58.2 Å². The lowest BCUT2D eigenvalue weighted by Gasteiger charge is -2.23. The van der Waals surface area contributed by atoms with E-state index in [2.05, 4.69) is 38.3 Å². The molecule has 0 unspecified atom stereocenters. The summed E-state index contributed by atoms with van der Waals surface area (Å²) in [4.78, 5) is 27.7. The van der Waals surface area contributed by atoms with Crippen molar-refractivity contribution in [3.63, 3.8) is 0 Å². The van der Waals surface area contributed by atoms with Crippen LogP contribution in [0.25, 0.3) is 5.69 Å². The van der Waals surface area contributed by atoms with Gasteiger partial charge < -0.3 is 15.5 Å². The zero-order valence-electron chi connectivity index (χ0n) is 22.1. The lowest BCUT2D eigenvalue weighted by Crippen LogP contribution is -2.41. The number of urea groups is 1. The number of anilines is 2. The van der Waals surface area contributed by atoms with E-state index in [1.54, 1.807) is 4.68 Å². The topological polar surface area (TPSA) is 79.3 Å². The highest BCUT2D eigenvalue weighted by Crippen LogP contribution is 2.27. The number of carbonyl (C=O) groups is 2. The Hall–Kier alpha value is -3.39. The summed E-state index contributed by atoms with van der Waals surface area (Å²) in [5.74, 6) is -0.388. The molecule has 0 aliphatic carbocycles. The fourth-order valence-corrected chi connectivity index (χ4v) is 3.94. The van der Waals surface area contributed by atoms with Crippen molar-refractivity contribution in [1.29, 1.82) is 0 Å². The van der Waals surface area contributed by atoms with Gasteiger partial charge in [0.1, 0.15) is 18.2 Å². The molecule has 3 rings (SSSR count). The Balaban J connectivity index is 1.82. The number of nitrogens with one attached hydrogen (secondary N) is 2. The van der Waals surface area contributed by atoms with Gasteiger partial charge in [-0.1, -0.05) is 70.3 Å². The Morgan fingerprint density at radius 1 is 1.08 bits per heavy atom. The number of hydrogen-bond acceptors (Lipinski definition) is 3. The number of aromatic nitrogens is 2. The lowest BCUT2D eigenvalue weighted by molar-refractivity contribution is -0.116. The molecule has 1 heterocycles. The van der Waals surface area contributed by atoms with Crippen molar-refractivity contribution in [1.82, 2.24) is 14.7 Å². The van der Waals surface area contributed by atoms with E-state index in [9.17, 15) is 14.0 Å². The third-order valence-corrected chi connectivity index (χ3v) is 6.20. The molecule has 1 aromatic heterocycles. The first kappa shape index (κ1) is 28.2. The Morgan fingerprint density at radius 3 is 2.46 bits per heavy atom. The van der Waals surface area contributed by atoms with Crippen molar-refractivity contribution in [2.24, 2.45) is 0 Å². The van der Waals surface area contributed by atoms with Gasteiger partial charge in [-0.2, -0.15) is 5.10 Å². The fraction of sp³-hybridized carbons (Fsp3) is 0.393. The first-order valence-electron chi connectivity index (χ1n) is 12.5. The molecule has 2 aromatic carbocycles. The van der Waals surface area contributed by atoms with Crippen LogP contribution in [0.4, 0.5) is 20.7 Å². The van der Waals surface area contributed by atoms with Gasteiger partial charge in [0.25, 0.3) is 0 Å². The second kappa shape index (κ2) is 12.2. The minimum atomic E-state index is -0.571. The number of hydrogen-bond donors (Lipinski definition) is 2. The fourth-order valence-electron chi connectivity index (χ4n) is 3.76. The number of benzene rings is 2. The van der Waals surface area contributed by atoms with Crippen molar-refractivity contribution in [3.05, 3.63) is 70.6 Å². The number of para-hydroxylation sites is 1. The number of halogens is 2. The van der Waals surface area contributed by atoms with Crippen LogP contribution >= 0.6 is 11.6 Å². The van der Waals surface area contributed by atoms with Crippen molar-refractivity contribution in [2.75, 3.05) is 23.7 Å². The van der Waals surface area contributed by atoms with Crippen molar-refractivity contribution in [3.8, 4) is 5.69 Å². The molecule has 0 atom stereocenters. The number of amides is 3. The van der Waals surface area contributed by atoms with Crippen molar-refractivity contribution in [2.45, 2.75) is 59.3 Å². The first-order chi connectivity index (χ1) is 17.5. The van der Waals surface area contributed by atoms with Crippen LogP contribution in [0.15, 0.2) is 48.5 Å². The van der Waals surface area contributed by atoms with Crippen LogP contribution in [-0.2, 0) is 10.2 Å². The first-order valence-corrected chi connectivity index (χ1v) is 12.8. The summed E-state index contributed by atoms with van der Waals surface area (Å²) in [5.41, 5.74) is 2.83. The molecule has 7 nitrogen and oxygen atoms in total. The maximum absolute atomic E-state index is 13.5. The van der Waals surface area contributed by atoms with E-state index in [1.165, 1.54) is 23.1 Å². The molecule has 0 saturated heterocycles. The average Bonchev–Trinajstić information content (AvgIpc) is 3.25. The molecule has 198 valence electrons. The van der Waals surface area contributed by atoms with E-state index >= 15 is 0 Å². The summed E-state index contributed by atoms with van der Waals surface area (Å²) >= 11 is 5.85. The minimum Gasteiger partial charge on any atom is -0.315 e. The molecule has 2 N–H and O–H groups in total. The molecule has 0 fully saturated rings. The molecular weight excluding hydrogens is 493 g/mol. The smallest absolute Gasteiger partial charge is 0.315 e. The average molecular weight is 528 g/mol. The molecule has 0 saturated carbocycles. The largest absolute Gasteiger partial charge is 0.322 e. The van der Waals surface area contributed by atoms with E-state index < -0.39 is 11.8 Å². The molecule has 0 radical (unpaired) electrons. The summed E-state index contributed by atoms with van der Waals surface area (Å²) in [6.45, 7) is 10.5. The van der Waals surface area contributed by atoms with Gasteiger partial charge >= 0.3 is 6.03 Å². The Kier molecular flexibility index (Phi) is 9.32. The van der Waals surface area contributed by atoms with E-state index in [0.717, 1.165) is 36.2 Å². The zero-order valence-corrected chi connectivity index (χ0v) is 22.8. The number of rotatable bonds is 9. The van der Waals surface area contributed by atoms with E-state index in [-0.39, 0.29) is 22.9 Å². The van der Waals surface area contributed by atoms with Crippen LogP contribution in [-0.4, -0.2) is 39.7 Å². The maximum Gasteiger partial charge on any atom is 0.322 e. The molecule has 3 aromatic rings. The van der Waals surface area contributed by atoms with Crippen LogP contribution in [0.3, 0.4) is 0 Å². The van der Waals surface area contributed by atoms with Gasteiger partial charge in [-0.15, -0.1) is 0 Å². The Labute approximate surface area is 223 Å². The van der Waals surface area contributed by atoms with E-state index in [0.29, 0.717) is 18.1 Å². The molecule has 0 spiro atoms. The maximum atomic E-state index is 13.5. The van der Waals surface area contributed by atoms with Gasteiger partial charge in [-0.05, 0) is 43.2 Å². The van der Waals surface area contributed by atoms with Crippen molar-refractivity contribution >= 4 is 35.0 Å². The Morgan fingerprint density at radius 2 is 1.81 bits per heavy atom. The summed E-state index contributed by atoms with van der Waals surface area (Å²) in [6, 6.07) is 13.2. The van der Waals surface area contributed by atoms with Crippen LogP contribution in [0.2, 0.25) is 5.02 Å². The van der Waals surface area contributed by atoms with Gasteiger partial charge in [0.05, 0.1) is 16.4 Å². The van der Waals surface area contributed by atoms with Gasteiger partial charge in [0, 0.05) is 23.7 Å². The van der Waals surface area contributed by atoms with Crippen LogP contribution in [0.5, 0.6) is 0 Å². The normalized spacial score (nSPS) is 11.3. The van der Waals surface area contributed by atoms with Crippen molar-refractivity contribution < 1.29 is 14.0 Å². The summed E-state index contributed by atoms with van der Waals surface area (Å²) in [6.07, 6.45) is 2.64. The molecule has 37 heavy (non-hydrogen) atoms. The third-order valence-electron chi connectivity index (χ3n) is 5.91. The number of aryl methyl sites for hydroxylation is 1. The summed E-state index contributed by atoms with van der Waals surface area (Å²) < 4.78 is 15.3. The summed E-state index contributed by atoms with van der Waals surface area (Å²) in [7, 11) is 0. The highest BCUT2D eigenvalue weighted by molar-refractivity contribution is 6.31. The second-order valence-electron chi connectivity index (χ2n) is 10.1. The molecule has 9 heteroatoms. The predicted octanol–water partition coefficient (Wildman–Crippen LogP) is 6.93. The number of unbranched alkanes of at least 4 members (excludes halogenated alkanes) is 2. The highest BCUT2D eigenvalue weighted by atomic mass is 35.5. The molecule has 3 amide bonds. The van der Waals surface area contributed by atoms with Gasteiger partial charge in [0.2, 0.25) is 5.91 Å². The molecule has 0 aliphatic rings. The predicted molar refractivity (Wildman–Crippen MR) is 147 cm³/mol. The van der Waals surface area contributed by atoms with E-state index in [1.807, 2.05) is 37.3 Å². The zero-order chi connectivity index (χ0) is 27.2. The number of carbonyl (C=O) groups excluding carboxylic acids is 2. The second-order valence-corrected chi connectivity index (χ2v) is 10.5. The van der Waals surface area contributed by atoms with Crippen LogP contribution < -0.4 is 10.6 Å². The quantitative estimate of drug-likeness (QED) is 0.296. The lowest BCUT2D eigenvalue weighted by atomic mass is 9.92. The SMILES string of the molecule is CCCCCN(CC(=O)Nc1cc(C(C)(C)C)nn1-c1ccccc1C)C(=O)Nc1ccc(F)c(Cl)c1. The standard InChI is InChI=1S/C28H35ClFN5O2/c1-6-7-10-15-34(27(37)31-20-13-14-22(30)21(29)16-20)18-26(36)32-25-17-24(28(3,4)5)33-35(25)23-12-9-8-11-19(23)2/h8-9,11-14,16-17H,6-7,10,15,18H2,1-5H3,(H,31,37)(H,32,36). The minimum absolute atomic E-state index is 0.0906.